The van der Waals surface area contributed by atoms with Gasteiger partial charge in [0, 0.05) is 5.02 Å². The van der Waals surface area contributed by atoms with E-state index in [2.05, 4.69) is 16.7 Å². The van der Waals surface area contributed by atoms with Crippen molar-refractivity contribution in [2.45, 2.75) is 11.7 Å². The molecule has 0 N–H and O–H groups in total. The van der Waals surface area contributed by atoms with Gasteiger partial charge in [0.1, 0.15) is 0 Å². The van der Waals surface area contributed by atoms with Gasteiger partial charge in [0.25, 0.3) is 11.8 Å². The summed E-state index contributed by atoms with van der Waals surface area (Å²) in [6, 6.07) is 22.6. The number of nitrogens with zero attached hydrogens (tertiary/aromatic N) is 3. The van der Waals surface area contributed by atoms with Crippen molar-refractivity contribution >= 4 is 46.2 Å². The topological polar surface area (TPSA) is 55.2 Å². The molecular weight excluding hydrogens is 418 g/mol. The van der Waals surface area contributed by atoms with Crippen LogP contribution in [0, 0.1) is 0 Å². The second kappa shape index (κ2) is 7.63. The Hall–Kier alpha value is -3.09. The lowest BCUT2D eigenvalue weighted by Crippen LogP contribution is -2.29. The minimum atomic E-state index is -0.267. The summed E-state index contributed by atoms with van der Waals surface area (Å²) >= 11 is 7.52. The summed E-state index contributed by atoms with van der Waals surface area (Å²) in [7, 11) is 0. The van der Waals surface area contributed by atoms with Crippen molar-refractivity contribution < 1.29 is 9.59 Å². The maximum absolute atomic E-state index is 12.7. The highest BCUT2D eigenvalue weighted by atomic mass is 35.5. The van der Waals surface area contributed by atoms with Gasteiger partial charge in [-0.3, -0.25) is 14.5 Å². The molecule has 1 aliphatic heterocycles. The van der Waals surface area contributed by atoms with E-state index in [4.69, 9.17) is 16.6 Å². The van der Waals surface area contributed by atoms with Crippen LogP contribution in [0.4, 0.5) is 0 Å². The molecule has 0 saturated heterocycles. The normalized spacial score (nSPS) is 13.3. The standard InChI is InChI=1S/C23H16ClN3O2S/c24-16-10-11-20-19(12-16)25-23(26(20)13-15-6-2-1-3-7-15)30-14-27-21(28)17-8-4-5-9-18(17)22(27)29/h1-12H,13-14H2. The predicted octanol–water partition coefficient (Wildman–Crippen LogP) is 5.08. The Morgan fingerprint density at radius 3 is 2.23 bits per heavy atom. The molecule has 1 aromatic heterocycles. The Bertz CT molecular complexity index is 1250. The van der Waals surface area contributed by atoms with Crippen molar-refractivity contribution in [3.05, 3.63) is 94.5 Å². The van der Waals surface area contributed by atoms with E-state index in [1.54, 1.807) is 24.3 Å². The zero-order chi connectivity index (χ0) is 20.7. The van der Waals surface area contributed by atoms with Crippen molar-refractivity contribution in [3.8, 4) is 0 Å². The lowest BCUT2D eigenvalue weighted by atomic mass is 10.1. The molecule has 5 rings (SSSR count). The summed E-state index contributed by atoms with van der Waals surface area (Å²) in [6.45, 7) is 0.628. The number of carbonyl (C=O) groups excluding carboxylic acids is 2. The highest BCUT2D eigenvalue weighted by molar-refractivity contribution is 7.99. The van der Waals surface area contributed by atoms with Crippen LogP contribution in [0.25, 0.3) is 11.0 Å². The minimum absolute atomic E-state index is 0.193. The average Bonchev–Trinajstić information content (AvgIpc) is 3.22. The first-order chi connectivity index (χ1) is 14.6. The van der Waals surface area contributed by atoms with Crippen molar-refractivity contribution in [1.29, 1.82) is 0 Å². The van der Waals surface area contributed by atoms with Crippen LogP contribution in [0.3, 0.4) is 0 Å². The molecule has 0 unspecified atom stereocenters. The van der Waals surface area contributed by atoms with Crippen LogP contribution in [0.2, 0.25) is 5.02 Å². The quantitative estimate of drug-likeness (QED) is 0.325. The third kappa shape index (κ3) is 3.28. The molecule has 2 amide bonds. The summed E-state index contributed by atoms with van der Waals surface area (Å²) in [5.41, 5.74) is 3.77. The molecule has 0 atom stereocenters. The molecule has 1 aliphatic rings. The van der Waals surface area contributed by atoms with Crippen molar-refractivity contribution in [1.82, 2.24) is 14.5 Å². The molecule has 0 radical (unpaired) electrons. The van der Waals surface area contributed by atoms with Gasteiger partial charge in [-0.1, -0.05) is 65.8 Å². The fourth-order valence-electron chi connectivity index (χ4n) is 3.59. The SMILES string of the molecule is O=C1c2ccccc2C(=O)N1CSc1nc2cc(Cl)ccc2n1Cc1ccccc1. The first-order valence-corrected chi connectivity index (χ1v) is 10.8. The Kier molecular flexibility index (Phi) is 4.81. The molecule has 0 bridgehead atoms. The third-order valence-electron chi connectivity index (χ3n) is 5.06. The number of benzene rings is 3. The first kappa shape index (κ1) is 18.9. The van der Waals surface area contributed by atoms with Crippen LogP contribution in [-0.2, 0) is 6.54 Å². The summed E-state index contributed by atoms with van der Waals surface area (Å²) < 4.78 is 2.09. The maximum Gasteiger partial charge on any atom is 0.262 e. The zero-order valence-corrected chi connectivity index (χ0v) is 17.4. The zero-order valence-electron chi connectivity index (χ0n) is 15.8. The number of fused-ring (bicyclic) bond motifs is 2. The van der Waals surface area contributed by atoms with Gasteiger partial charge in [0.05, 0.1) is 34.6 Å². The van der Waals surface area contributed by atoms with Crippen LogP contribution in [0.15, 0.2) is 78.0 Å². The smallest absolute Gasteiger partial charge is 0.262 e. The highest BCUT2D eigenvalue weighted by Gasteiger charge is 2.35. The third-order valence-corrected chi connectivity index (χ3v) is 6.25. The molecular formula is C23H16ClN3O2S. The molecule has 30 heavy (non-hydrogen) atoms. The van der Waals surface area contributed by atoms with Gasteiger partial charge in [-0.2, -0.15) is 0 Å². The van der Waals surface area contributed by atoms with Gasteiger partial charge >= 0.3 is 0 Å². The molecule has 5 nitrogen and oxygen atoms in total. The van der Waals surface area contributed by atoms with Crippen molar-refractivity contribution in [3.63, 3.8) is 0 Å². The molecule has 2 heterocycles. The van der Waals surface area contributed by atoms with Gasteiger partial charge in [-0.05, 0) is 35.9 Å². The van der Waals surface area contributed by atoms with E-state index in [-0.39, 0.29) is 17.7 Å². The molecule has 0 spiro atoms. The first-order valence-electron chi connectivity index (χ1n) is 9.39. The number of hydrogen-bond donors (Lipinski definition) is 0. The second-order valence-corrected chi connectivity index (χ2v) is 8.30. The number of halogens is 1. The average molecular weight is 434 g/mol. The van der Waals surface area contributed by atoms with Gasteiger partial charge in [0.15, 0.2) is 5.16 Å². The van der Waals surface area contributed by atoms with E-state index in [1.165, 1.54) is 16.7 Å². The molecule has 0 aliphatic carbocycles. The Labute approximate surface area is 182 Å². The number of rotatable bonds is 5. The second-order valence-electron chi connectivity index (χ2n) is 6.96. The van der Waals surface area contributed by atoms with E-state index in [9.17, 15) is 9.59 Å². The van der Waals surface area contributed by atoms with Crippen LogP contribution < -0.4 is 0 Å². The number of aromatic nitrogens is 2. The molecule has 0 saturated carbocycles. The predicted molar refractivity (Wildman–Crippen MR) is 118 cm³/mol. The summed E-state index contributed by atoms with van der Waals surface area (Å²) in [5.74, 6) is -0.341. The molecule has 4 aromatic rings. The highest BCUT2D eigenvalue weighted by Crippen LogP contribution is 2.30. The van der Waals surface area contributed by atoms with Gasteiger partial charge in [-0.25, -0.2) is 4.98 Å². The molecule has 148 valence electrons. The lowest BCUT2D eigenvalue weighted by molar-refractivity contribution is 0.0684. The van der Waals surface area contributed by atoms with Gasteiger partial charge < -0.3 is 4.57 Å². The van der Waals surface area contributed by atoms with E-state index >= 15 is 0 Å². The summed E-state index contributed by atoms with van der Waals surface area (Å²) in [5, 5.41) is 1.34. The van der Waals surface area contributed by atoms with Crippen molar-refractivity contribution in [2.24, 2.45) is 0 Å². The lowest BCUT2D eigenvalue weighted by Gasteiger charge is -2.14. The monoisotopic (exact) mass is 433 g/mol. The number of hydrogen-bond acceptors (Lipinski definition) is 4. The van der Waals surface area contributed by atoms with Crippen LogP contribution >= 0.6 is 23.4 Å². The number of carbonyl (C=O) groups is 2. The van der Waals surface area contributed by atoms with E-state index < -0.39 is 0 Å². The Balaban J connectivity index is 1.46. The van der Waals surface area contributed by atoms with Crippen molar-refractivity contribution in [2.75, 3.05) is 5.88 Å². The minimum Gasteiger partial charge on any atom is -0.314 e. The maximum atomic E-state index is 12.7. The summed E-state index contributed by atoms with van der Waals surface area (Å²) in [6.07, 6.45) is 0. The fraction of sp³-hybridized carbons (Fsp3) is 0.0870. The number of thioether (sulfide) groups is 1. The van der Waals surface area contributed by atoms with E-state index in [1.807, 2.05) is 36.4 Å². The number of imide groups is 1. The molecule has 7 heteroatoms. The molecule has 0 fully saturated rings. The largest absolute Gasteiger partial charge is 0.314 e. The van der Waals surface area contributed by atoms with Crippen LogP contribution in [-0.4, -0.2) is 32.1 Å². The number of imidazole rings is 1. The summed E-state index contributed by atoms with van der Waals surface area (Å²) in [4.78, 5) is 31.3. The molecule has 3 aromatic carbocycles. The van der Waals surface area contributed by atoms with E-state index in [0.29, 0.717) is 22.7 Å². The van der Waals surface area contributed by atoms with Crippen LogP contribution in [0.1, 0.15) is 26.3 Å². The number of amides is 2. The van der Waals surface area contributed by atoms with Gasteiger partial charge in [0.2, 0.25) is 0 Å². The van der Waals surface area contributed by atoms with Gasteiger partial charge in [-0.15, -0.1) is 0 Å². The Morgan fingerprint density at radius 1 is 0.867 bits per heavy atom. The Morgan fingerprint density at radius 2 is 1.53 bits per heavy atom. The van der Waals surface area contributed by atoms with Crippen LogP contribution in [0.5, 0.6) is 0 Å². The fourth-order valence-corrected chi connectivity index (χ4v) is 4.72. The van der Waals surface area contributed by atoms with E-state index in [0.717, 1.165) is 21.8 Å².